The van der Waals surface area contributed by atoms with Gasteiger partial charge in [-0.15, -0.1) is 0 Å². The molecule has 0 aromatic carbocycles. The lowest BCUT2D eigenvalue weighted by Gasteiger charge is -2.19. The van der Waals surface area contributed by atoms with Gasteiger partial charge in [0.25, 0.3) is 0 Å². The van der Waals surface area contributed by atoms with Crippen LogP contribution in [0.1, 0.15) is 232 Å². The monoisotopic (exact) mass is 799 g/mol. The normalized spacial score (nSPS) is 13.5. The maximum atomic E-state index is 12.5. The zero-order chi connectivity index (χ0) is 40.3. The lowest BCUT2D eigenvalue weighted by Crippen LogP contribution is -2.29. The summed E-state index contributed by atoms with van der Waals surface area (Å²) in [5, 5.41) is 0. The van der Waals surface area contributed by atoms with E-state index in [1.165, 1.54) is 148 Å². The minimum atomic E-state index is -4.26. The van der Waals surface area contributed by atoms with Crippen LogP contribution in [-0.4, -0.2) is 43.3 Å². The van der Waals surface area contributed by atoms with E-state index in [1.807, 2.05) is 0 Å². The second kappa shape index (κ2) is 42.1. The Morgan fingerprint density at radius 1 is 0.509 bits per heavy atom. The molecule has 0 aliphatic carbocycles. The van der Waals surface area contributed by atoms with Crippen LogP contribution in [0, 0.1) is 0 Å². The lowest BCUT2D eigenvalue weighted by atomic mass is 10.0. The van der Waals surface area contributed by atoms with Gasteiger partial charge in [-0.05, 0) is 44.9 Å². The highest BCUT2D eigenvalue weighted by Crippen LogP contribution is 2.42. The minimum Gasteiger partial charge on any atom is -0.462 e. The molecule has 0 aromatic heterocycles. The molecule has 1 N–H and O–H groups in total. The van der Waals surface area contributed by atoms with E-state index in [0.717, 1.165) is 58.5 Å². The van der Waals surface area contributed by atoms with Gasteiger partial charge in [0.15, 0.2) is 6.10 Å². The molecule has 8 nitrogen and oxygen atoms in total. The number of esters is 2. The van der Waals surface area contributed by atoms with E-state index in [1.54, 1.807) is 0 Å². The first-order valence-electron chi connectivity index (χ1n) is 23.0. The van der Waals surface area contributed by atoms with Crippen molar-refractivity contribution < 1.29 is 37.6 Å². The Labute approximate surface area is 339 Å². The molecule has 0 saturated carbocycles. The number of hydrogen-bond acceptors (Lipinski definition) is 7. The molecule has 0 heterocycles. The zero-order valence-electron chi connectivity index (χ0n) is 36.1. The van der Waals surface area contributed by atoms with Gasteiger partial charge in [-0.2, -0.15) is 0 Å². The van der Waals surface area contributed by atoms with Crippen molar-refractivity contribution in [2.24, 2.45) is 0 Å². The van der Waals surface area contributed by atoms with Crippen molar-refractivity contribution in [2.45, 2.75) is 238 Å². The van der Waals surface area contributed by atoms with Crippen LogP contribution in [0.3, 0.4) is 0 Å². The highest BCUT2D eigenvalue weighted by Gasteiger charge is 2.24. The van der Waals surface area contributed by atoms with E-state index in [9.17, 15) is 19.0 Å². The second-order valence-electron chi connectivity index (χ2n) is 15.5. The molecule has 9 heteroatoms. The van der Waals surface area contributed by atoms with E-state index in [4.69, 9.17) is 14.0 Å². The van der Waals surface area contributed by atoms with Crippen molar-refractivity contribution >= 4 is 19.8 Å². The van der Waals surface area contributed by atoms with Crippen LogP contribution >= 0.6 is 7.82 Å². The zero-order valence-corrected chi connectivity index (χ0v) is 37.0. The minimum absolute atomic E-state index is 0.224. The number of phosphoric ester groups is 1. The largest absolute Gasteiger partial charge is 0.472 e. The van der Waals surface area contributed by atoms with Crippen molar-refractivity contribution in [1.82, 2.24) is 0 Å². The molecule has 0 fully saturated rings. The van der Waals surface area contributed by atoms with Crippen LogP contribution in [-0.2, 0) is 32.7 Å². The first kappa shape index (κ1) is 53.5. The SMILES string of the molecule is CCCCC/C=C\C/C=C\CCCCCCCCCC(=O)OC(COC(=O)CCCCCCCCCCCCCCCCCCCCC)COP(=O)(O)OC. The summed E-state index contributed by atoms with van der Waals surface area (Å²) in [7, 11) is -3.20. The molecule has 0 spiro atoms. The summed E-state index contributed by atoms with van der Waals surface area (Å²) >= 11 is 0. The third-order valence-corrected chi connectivity index (χ3v) is 11.1. The average Bonchev–Trinajstić information content (AvgIpc) is 3.18. The molecule has 0 bridgehead atoms. The van der Waals surface area contributed by atoms with Crippen molar-refractivity contribution in [3.63, 3.8) is 0 Å². The Morgan fingerprint density at radius 3 is 1.31 bits per heavy atom. The smallest absolute Gasteiger partial charge is 0.462 e. The maximum absolute atomic E-state index is 12.5. The van der Waals surface area contributed by atoms with Gasteiger partial charge in [0.05, 0.1) is 6.61 Å². The first-order valence-corrected chi connectivity index (χ1v) is 24.5. The van der Waals surface area contributed by atoms with Gasteiger partial charge in [0.1, 0.15) is 6.61 Å². The third-order valence-electron chi connectivity index (χ3n) is 10.2. The van der Waals surface area contributed by atoms with E-state index >= 15 is 0 Å². The van der Waals surface area contributed by atoms with Gasteiger partial charge >= 0.3 is 19.8 Å². The Balaban J connectivity index is 3.93. The molecule has 55 heavy (non-hydrogen) atoms. The van der Waals surface area contributed by atoms with Gasteiger partial charge < -0.3 is 14.4 Å². The maximum Gasteiger partial charge on any atom is 0.472 e. The highest BCUT2D eigenvalue weighted by atomic mass is 31.2. The predicted molar refractivity (Wildman–Crippen MR) is 230 cm³/mol. The van der Waals surface area contributed by atoms with Gasteiger partial charge in [-0.1, -0.05) is 199 Å². The molecule has 0 saturated heterocycles. The molecule has 0 radical (unpaired) electrons. The Kier molecular flexibility index (Phi) is 41.0. The van der Waals surface area contributed by atoms with Crippen molar-refractivity contribution in [1.29, 1.82) is 0 Å². The quantitative estimate of drug-likeness (QED) is 0.0281. The number of allylic oxidation sites excluding steroid dienone is 4. The van der Waals surface area contributed by atoms with Crippen molar-refractivity contribution in [3.05, 3.63) is 24.3 Å². The fourth-order valence-corrected chi connectivity index (χ4v) is 7.09. The molecule has 2 unspecified atom stereocenters. The standard InChI is InChI=1S/C46H87O8P/c1-4-6-8-10-12-14-16-18-20-22-23-25-26-28-30-32-34-36-38-40-45(47)52-42-44(43-53-55(49,50)51-3)54-46(48)41-39-37-35-33-31-29-27-24-21-19-17-15-13-11-9-7-5-2/h13,15,19,21,44H,4-12,14,16-18,20,22-43H2,1-3H3,(H,49,50)/b15-13-,21-19-. The number of hydrogen-bond donors (Lipinski definition) is 1. The number of ether oxygens (including phenoxy) is 2. The summed E-state index contributed by atoms with van der Waals surface area (Å²) in [6.07, 6.45) is 48.0. The van der Waals surface area contributed by atoms with Crippen LogP contribution < -0.4 is 0 Å². The molecule has 324 valence electrons. The van der Waals surface area contributed by atoms with Gasteiger partial charge in [-0.25, -0.2) is 4.57 Å². The van der Waals surface area contributed by atoms with E-state index in [0.29, 0.717) is 12.8 Å². The fourth-order valence-electron chi connectivity index (χ4n) is 6.63. The molecule has 2 atom stereocenters. The fraction of sp³-hybridized carbons (Fsp3) is 0.870. The van der Waals surface area contributed by atoms with E-state index in [-0.39, 0.29) is 19.0 Å². The van der Waals surface area contributed by atoms with Crippen molar-refractivity contribution in [2.75, 3.05) is 20.3 Å². The summed E-state index contributed by atoms with van der Waals surface area (Å²) in [5.41, 5.74) is 0. The van der Waals surface area contributed by atoms with Gasteiger partial charge in [0, 0.05) is 20.0 Å². The number of phosphoric acid groups is 1. The lowest BCUT2D eigenvalue weighted by molar-refractivity contribution is -0.161. The van der Waals surface area contributed by atoms with Crippen LogP contribution in [0.15, 0.2) is 24.3 Å². The summed E-state index contributed by atoms with van der Waals surface area (Å²) in [6.45, 7) is 3.89. The molecule has 0 rings (SSSR count). The number of rotatable bonds is 43. The van der Waals surface area contributed by atoms with Crippen LogP contribution in [0.5, 0.6) is 0 Å². The Morgan fingerprint density at radius 2 is 0.873 bits per heavy atom. The molecule has 0 aliphatic heterocycles. The number of carbonyl (C=O) groups excluding carboxylic acids is 2. The Hall–Kier alpha value is -1.47. The van der Waals surface area contributed by atoms with Crippen LogP contribution in [0.25, 0.3) is 0 Å². The molecule has 0 aromatic rings. The molecular weight excluding hydrogens is 711 g/mol. The van der Waals surface area contributed by atoms with Crippen molar-refractivity contribution in [3.8, 4) is 0 Å². The summed E-state index contributed by atoms with van der Waals surface area (Å²) < 4.78 is 32.0. The topological polar surface area (TPSA) is 108 Å². The van der Waals surface area contributed by atoms with Crippen LogP contribution in [0.4, 0.5) is 0 Å². The highest BCUT2D eigenvalue weighted by molar-refractivity contribution is 7.47. The summed E-state index contributed by atoms with van der Waals surface area (Å²) in [4.78, 5) is 34.5. The summed E-state index contributed by atoms with van der Waals surface area (Å²) in [5.74, 6) is -0.801. The summed E-state index contributed by atoms with van der Waals surface area (Å²) in [6, 6.07) is 0. The third kappa shape index (κ3) is 42.0. The second-order valence-corrected chi connectivity index (χ2v) is 17.1. The van der Waals surface area contributed by atoms with Gasteiger partial charge in [-0.3, -0.25) is 18.6 Å². The first-order chi connectivity index (χ1) is 26.8. The molecule has 0 aliphatic rings. The van der Waals surface area contributed by atoms with E-state index in [2.05, 4.69) is 42.7 Å². The molecule has 0 amide bonds. The van der Waals surface area contributed by atoms with E-state index < -0.39 is 26.5 Å². The predicted octanol–water partition coefficient (Wildman–Crippen LogP) is 14.6. The van der Waals surface area contributed by atoms with Crippen LogP contribution in [0.2, 0.25) is 0 Å². The molecular formula is C46H87O8P. The Bertz CT molecular complexity index is 952. The number of unbranched alkanes of at least 4 members (excludes halogenated alkanes) is 28. The average molecular weight is 799 g/mol. The number of carbonyl (C=O) groups is 2. The van der Waals surface area contributed by atoms with Gasteiger partial charge in [0.2, 0.25) is 0 Å².